The first-order valence-electron chi connectivity index (χ1n) is 8.29. The highest BCUT2D eigenvalue weighted by Crippen LogP contribution is 2.24. The van der Waals surface area contributed by atoms with E-state index in [-0.39, 0.29) is 18.0 Å². The second-order valence-corrected chi connectivity index (χ2v) is 6.57. The van der Waals surface area contributed by atoms with Gasteiger partial charge in [0.1, 0.15) is 0 Å². The minimum Gasteiger partial charge on any atom is -0.350 e. The fraction of sp³-hybridized carbons (Fsp3) is 0.300. The van der Waals surface area contributed by atoms with Crippen LogP contribution in [0.3, 0.4) is 0 Å². The second kappa shape index (κ2) is 6.48. The highest BCUT2D eigenvalue weighted by Gasteiger charge is 2.14. The van der Waals surface area contributed by atoms with Crippen LogP contribution in [-0.2, 0) is 0 Å². The molecule has 0 aliphatic carbocycles. The molecule has 124 valence electrons. The Morgan fingerprint density at radius 3 is 2.46 bits per heavy atom. The van der Waals surface area contributed by atoms with E-state index in [2.05, 4.69) is 53.0 Å². The molecule has 0 fully saturated rings. The van der Waals surface area contributed by atoms with Crippen molar-refractivity contribution < 1.29 is 4.79 Å². The van der Waals surface area contributed by atoms with Crippen LogP contribution in [0.4, 0.5) is 0 Å². The molecule has 24 heavy (non-hydrogen) atoms. The molecule has 2 aromatic carbocycles. The van der Waals surface area contributed by atoms with Crippen molar-refractivity contribution in [3.05, 3.63) is 65.5 Å². The molecule has 3 rings (SSSR count). The number of hydrogen-bond donors (Lipinski definition) is 1. The van der Waals surface area contributed by atoms with Crippen LogP contribution in [0.1, 0.15) is 48.3 Å². The maximum absolute atomic E-state index is 12.1. The van der Waals surface area contributed by atoms with Crippen molar-refractivity contribution in [2.24, 2.45) is 0 Å². The summed E-state index contributed by atoms with van der Waals surface area (Å²) in [5.74, 6) is -0.0620. The SMILES string of the molecule is Cc1ccc([C@@H](C)n2cnc3cc(C(=O)NC(C)C)ccc32)cc1. The molecule has 0 bridgehead atoms. The van der Waals surface area contributed by atoms with Crippen molar-refractivity contribution in [3.63, 3.8) is 0 Å². The lowest BCUT2D eigenvalue weighted by atomic mass is 10.1. The Morgan fingerprint density at radius 1 is 1.08 bits per heavy atom. The van der Waals surface area contributed by atoms with Crippen LogP contribution >= 0.6 is 0 Å². The van der Waals surface area contributed by atoms with E-state index < -0.39 is 0 Å². The fourth-order valence-electron chi connectivity index (χ4n) is 2.83. The lowest BCUT2D eigenvalue weighted by molar-refractivity contribution is 0.0943. The van der Waals surface area contributed by atoms with Gasteiger partial charge in [-0.3, -0.25) is 4.79 Å². The first-order valence-corrected chi connectivity index (χ1v) is 8.29. The molecule has 0 aliphatic rings. The molecule has 0 aliphatic heterocycles. The van der Waals surface area contributed by atoms with Gasteiger partial charge in [-0.25, -0.2) is 4.98 Å². The fourth-order valence-corrected chi connectivity index (χ4v) is 2.83. The zero-order valence-electron chi connectivity index (χ0n) is 14.6. The number of aryl methyl sites for hydroxylation is 1. The van der Waals surface area contributed by atoms with E-state index in [1.54, 1.807) is 0 Å². The van der Waals surface area contributed by atoms with Gasteiger partial charge in [-0.05, 0) is 51.5 Å². The van der Waals surface area contributed by atoms with Gasteiger partial charge in [0.2, 0.25) is 0 Å². The summed E-state index contributed by atoms with van der Waals surface area (Å²) in [6.07, 6.45) is 1.85. The van der Waals surface area contributed by atoms with Crippen LogP contribution in [-0.4, -0.2) is 21.5 Å². The number of amides is 1. The van der Waals surface area contributed by atoms with E-state index in [1.165, 1.54) is 11.1 Å². The Bertz CT molecular complexity index is 862. The predicted molar refractivity (Wildman–Crippen MR) is 97.3 cm³/mol. The van der Waals surface area contributed by atoms with Crippen LogP contribution in [0.25, 0.3) is 11.0 Å². The Hall–Kier alpha value is -2.62. The van der Waals surface area contributed by atoms with Gasteiger partial charge in [0.25, 0.3) is 5.91 Å². The zero-order valence-corrected chi connectivity index (χ0v) is 14.6. The lowest BCUT2D eigenvalue weighted by Gasteiger charge is -2.15. The number of imidazole rings is 1. The maximum atomic E-state index is 12.1. The van der Waals surface area contributed by atoms with E-state index in [4.69, 9.17) is 0 Å². The Kier molecular flexibility index (Phi) is 4.38. The molecule has 0 spiro atoms. The molecule has 4 heteroatoms. The Morgan fingerprint density at radius 2 is 1.79 bits per heavy atom. The summed E-state index contributed by atoms with van der Waals surface area (Å²) in [5.41, 5.74) is 5.00. The predicted octanol–water partition coefficient (Wildman–Crippen LogP) is 4.09. The Labute approximate surface area is 142 Å². The number of carbonyl (C=O) groups excluding carboxylic acids is 1. The number of rotatable bonds is 4. The molecular weight excluding hydrogens is 298 g/mol. The molecule has 1 N–H and O–H groups in total. The summed E-state index contributed by atoms with van der Waals surface area (Å²) >= 11 is 0. The van der Waals surface area contributed by atoms with Gasteiger partial charge in [-0.2, -0.15) is 0 Å². The van der Waals surface area contributed by atoms with Crippen LogP contribution in [0.5, 0.6) is 0 Å². The number of carbonyl (C=O) groups is 1. The summed E-state index contributed by atoms with van der Waals surface area (Å²) in [4.78, 5) is 16.6. The van der Waals surface area contributed by atoms with E-state index >= 15 is 0 Å². The van der Waals surface area contributed by atoms with Crippen molar-refractivity contribution in [2.45, 2.75) is 39.8 Å². The molecular formula is C20H23N3O. The van der Waals surface area contributed by atoms with E-state index in [9.17, 15) is 4.79 Å². The van der Waals surface area contributed by atoms with Gasteiger partial charge in [0.15, 0.2) is 0 Å². The van der Waals surface area contributed by atoms with Gasteiger partial charge in [-0.1, -0.05) is 29.8 Å². The minimum atomic E-state index is -0.0620. The van der Waals surface area contributed by atoms with Gasteiger partial charge >= 0.3 is 0 Å². The topological polar surface area (TPSA) is 46.9 Å². The molecule has 0 saturated heterocycles. The van der Waals surface area contributed by atoms with Crippen LogP contribution in [0.15, 0.2) is 48.8 Å². The second-order valence-electron chi connectivity index (χ2n) is 6.57. The summed E-state index contributed by atoms with van der Waals surface area (Å²) in [5, 5.41) is 2.91. The molecule has 1 atom stereocenters. The molecule has 0 saturated carbocycles. The largest absolute Gasteiger partial charge is 0.350 e. The third-order valence-electron chi connectivity index (χ3n) is 4.23. The monoisotopic (exact) mass is 321 g/mol. The van der Waals surface area contributed by atoms with E-state index in [0.717, 1.165) is 11.0 Å². The number of aromatic nitrogens is 2. The van der Waals surface area contributed by atoms with Gasteiger partial charge < -0.3 is 9.88 Å². The molecule has 4 nitrogen and oxygen atoms in total. The minimum absolute atomic E-state index is 0.0620. The number of benzene rings is 2. The number of fused-ring (bicyclic) bond motifs is 1. The molecule has 1 heterocycles. The van der Waals surface area contributed by atoms with Crippen molar-refractivity contribution in [3.8, 4) is 0 Å². The van der Waals surface area contributed by atoms with Gasteiger partial charge in [-0.15, -0.1) is 0 Å². The first kappa shape index (κ1) is 16.2. The molecule has 3 aromatic rings. The van der Waals surface area contributed by atoms with Gasteiger partial charge in [0.05, 0.1) is 23.4 Å². The molecule has 1 amide bonds. The average Bonchev–Trinajstić information content (AvgIpc) is 2.97. The van der Waals surface area contributed by atoms with Crippen LogP contribution in [0, 0.1) is 6.92 Å². The smallest absolute Gasteiger partial charge is 0.251 e. The van der Waals surface area contributed by atoms with Crippen molar-refractivity contribution in [1.29, 1.82) is 0 Å². The highest BCUT2D eigenvalue weighted by molar-refractivity contribution is 5.97. The summed E-state index contributed by atoms with van der Waals surface area (Å²) in [6.45, 7) is 8.15. The summed E-state index contributed by atoms with van der Waals surface area (Å²) in [6, 6.07) is 14.5. The standard InChI is InChI=1S/C20H23N3O/c1-13(2)22-20(24)17-9-10-19-18(11-17)21-12-23(19)15(4)16-7-5-14(3)6-8-16/h5-13,15H,1-4H3,(H,22,24)/t15-/m1/s1. The van der Waals surface area contributed by atoms with Crippen LogP contribution in [0.2, 0.25) is 0 Å². The average molecular weight is 321 g/mol. The van der Waals surface area contributed by atoms with Gasteiger partial charge in [0, 0.05) is 11.6 Å². The molecule has 0 unspecified atom stereocenters. The van der Waals surface area contributed by atoms with Crippen molar-refractivity contribution >= 4 is 16.9 Å². The van der Waals surface area contributed by atoms with E-state index in [0.29, 0.717) is 5.56 Å². The third kappa shape index (κ3) is 3.18. The first-order chi connectivity index (χ1) is 11.5. The highest BCUT2D eigenvalue weighted by atomic mass is 16.1. The number of nitrogens with one attached hydrogen (secondary N) is 1. The number of hydrogen-bond acceptors (Lipinski definition) is 2. The van der Waals surface area contributed by atoms with Crippen molar-refractivity contribution in [2.75, 3.05) is 0 Å². The summed E-state index contributed by atoms with van der Waals surface area (Å²) < 4.78 is 2.14. The quantitative estimate of drug-likeness (QED) is 0.786. The third-order valence-corrected chi connectivity index (χ3v) is 4.23. The van der Waals surface area contributed by atoms with Crippen molar-refractivity contribution in [1.82, 2.24) is 14.9 Å². The molecule has 1 aromatic heterocycles. The Balaban J connectivity index is 1.93. The molecule has 0 radical (unpaired) electrons. The lowest BCUT2D eigenvalue weighted by Crippen LogP contribution is -2.29. The number of nitrogens with zero attached hydrogens (tertiary/aromatic N) is 2. The zero-order chi connectivity index (χ0) is 17.3. The maximum Gasteiger partial charge on any atom is 0.251 e. The summed E-state index contributed by atoms with van der Waals surface area (Å²) in [7, 11) is 0. The van der Waals surface area contributed by atoms with Crippen LogP contribution < -0.4 is 5.32 Å². The van der Waals surface area contributed by atoms with E-state index in [1.807, 2.05) is 38.4 Å². The normalized spacial score (nSPS) is 12.5.